The summed E-state index contributed by atoms with van der Waals surface area (Å²) in [6.45, 7) is 26.7. The first-order chi connectivity index (χ1) is 51.7. The first kappa shape index (κ1) is 95.8. The second-order valence-corrected chi connectivity index (χ2v) is 30.7. The first-order valence-electron chi connectivity index (χ1n) is 39.6. The van der Waals surface area contributed by atoms with Crippen molar-refractivity contribution in [1.29, 1.82) is 0 Å². The zero-order valence-electron chi connectivity index (χ0n) is 68.0. The maximum Gasteiger partial charge on any atom is 0.315 e. The number of carbonyl (C=O) groups is 9. The summed E-state index contributed by atoms with van der Waals surface area (Å²) in [7, 11) is 1.57. The van der Waals surface area contributed by atoms with Crippen LogP contribution in [0.3, 0.4) is 0 Å². The molecule has 0 spiro atoms. The average Bonchev–Trinajstić information content (AvgIpc) is 1.70. The van der Waals surface area contributed by atoms with E-state index in [0.717, 1.165) is 65.0 Å². The van der Waals surface area contributed by atoms with E-state index in [0.29, 0.717) is 177 Å². The molecule has 8 amide bonds. The zero-order valence-corrected chi connectivity index (χ0v) is 68.0. The van der Waals surface area contributed by atoms with Crippen LogP contribution in [0.5, 0.6) is 0 Å². The summed E-state index contributed by atoms with van der Waals surface area (Å²) in [5, 5.41) is 25.5. The molecule has 0 radical (unpaired) electrons. The van der Waals surface area contributed by atoms with Crippen LogP contribution in [0.15, 0.2) is 75.9 Å². The van der Waals surface area contributed by atoms with E-state index in [2.05, 4.69) is 115 Å². The van der Waals surface area contributed by atoms with Gasteiger partial charge in [0.25, 0.3) is 0 Å². The molecule has 2 heterocycles. The van der Waals surface area contributed by atoms with Crippen LogP contribution in [-0.4, -0.2) is 151 Å². The number of benzene rings is 2. The molecule has 4 aromatic rings. The van der Waals surface area contributed by atoms with Gasteiger partial charge in [-0.05, 0) is 182 Å². The highest BCUT2D eigenvalue weighted by atomic mass is 16.2. The Balaban J connectivity index is 0.000000584. The molecule has 2 aromatic heterocycles. The molecule has 0 fully saturated rings. The van der Waals surface area contributed by atoms with E-state index in [9.17, 15) is 43.2 Å². The van der Waals surface area contributed by atoms with Crippen LogP contribution in [0.4, 0.5) is 19.2 Å². The number of H-pyrrole nitrogens is 2. The van der Waals surface area contributed by atoms with Crippen molar-refractivity contribution in [2.75, 3.05) is 46.3 Å². The summed E-state index contributed by atoms with van der Waals surface area (Å²) < 4.78 is 0. The van der Waals surface area contributed by atoms with Crippen LogP contribution < -0.4 is 76.9 Å². The monoisotopic (exact) mass is 1520 g/mol. The standard InChI is InChI=1S/C33H54N8O4.C30H50N8O3.C18H35N3O2/c1-21(2)29(41-33(45)39-22(3)4)15-14-27(43)17-24(9-8-16-36-31(34)35)19-38-32(44)40-26(13-12-23(5)42)18-25-20-37-30-11-7-6-10-28(25)30;1-5-22(20(2)3)18-37-30(41)38-24(9-8-14-34-28(31)32)12-13-25(39)16-21(17-36-29(40)33-4)15-23-19-35-27-11-7-6-10-26(23)27;1-13(2)16(9-8-15(4)22)12-17(23)10-7-14(3)6-5-11-21-18(19)20/h6-7,10-11,20-22,24,26,29,37H,8-9,12-19H2,1-5H3,(H4,34,35,36)(H2,38,40,44)(H2,39,41,45);6-7,10-11,19-22,24,35H,5,8-9,12-18H2,1-4H3,(H4,31,32,34)(H2,33,36,40)(H2,37,38,41);13-14,16H,5-12H2,1-4H3,(H4,19,20,21)/t24-,26-,29-;21-,22-,24+;14-,16-/m110/s1. The van der Waals surface area contributed by atoms with Crippen LogP contribution >= 0.6 is 0 Å². The Morgan fingerprint density at radius 1 is 0.431 bits per heavy atom. The summed E-state index contributed by atoms with van der Waals surface area (Å²) in [5.41, 5.74) is 36.6. The van der Waals surface area contributed by atoms with Crippen molar-refractivity contribution in [1.82, 2.24) is 52.5 Å². The normalized spacial score (nSPS) is 13.3. The molecule has 0 unspecified atom stereocenters. The van der Waals surface area contributed by atoms with Crippen molar-refractivity contribution in [3.05, 3.63) is 72.1 Å². The Kier molecular flexibility index (Phi) is 47.8. The number of amides is 8. The predicted octanol–water partition coefficient (Wildman–Crippen LogP) is 10.3. The molecule has 0 saturated heterocycles. The number of carbonyl (C=O) groups excluding carboxylic acids is 9. The van der Waals surface area contributed by atoms with Crippen LogP contribution in [0.2, 0.25) is 0 Å². The van der Waals surface area contributed by atoms with Gasteiger partial charge in [-0.15, -0.1) is 0 Å². The lowest BCUT2D eigenvalue weighted by atomic mass is 9.85. The molecule has 0 aliphatic carbocycles. The maximum atomic E-state index is 13.2. The molecule has 4 rings (SSSR count). The number of nitrogens with two attached hydrogens (primary N) is 6. The number of aliphatic imine (C=N–C) groups is 3. The third-order valence-corrected chi connectivity index (χ3v) is 19.7. The molecule has 0 aliphatic rings. The quantitative estimate of drug-likeness (QED) is 0.0111. The van der Waals surface area contributed by atoms with Crippen molar-refractivity contribution in [3.8, 4) is 0 Å². The number of ketones is 5. The van der Waals surface area contributed by atoms with Gasteiger partial charge in [-0.3, -0.25) is 29.4 Å². The number of rotatable bonds is 51. The molecule has 22 N–H and O–H groups in total. The minimum absolute atomic E-state index is 0.0145. The van der Waals surface area contributed by atoms with Crippen molar-refractivity contribution in [3.63, 3.8) is 0 Å². The number of fused-ring (bicyclic) bond motifs is 2. The lowest BCUT2D eigenvalue weighted by Crippen LogP contribution is -2.46. The highest BCUT2D eigenvalue weighted by Crippen LogP contribution is 2.27. The molecule has 109 heavy (non-hydrogen) atoms. The lowest BCUT2D eigenvalue weighted by molar-refractivity contribution is -0.122. The first-order valence-corrected chi connectivity index (χ1v) is 39.6. The van der Waals surface area contributed by atoms with E-state index in [1.807, 2.05) is 82.6 Å². The number of urea groups is 4. The second-order valence-electron chi connectivity index (χ2n) is 30.7. The summed E-state index contributed by atoms with van der Waals surface area (Å²) in [6.07, 6.45) is 17.5. The van der Waals surface area contributed by atoms with Gasteiger partial charge < -0.3 is 96.5 Å². The van der Waals surface area contributed by atoms with Gasteiger partial charge in [-0.2, -0.15) is 0 Å². The van der Waals surface area contributed by atoms with Gasteiger partial charge in [-0.1, -0.05) is 98.2 Å². The molecule has 2 aromatic carbocycles. The van der Waals surface area contributed by atoms with Crippen LogP contribution in [0.1, 0.15) is 223 Å². The summed E-state index contributed by atoms with van der Waals surface area (Å²) in [4.78, 5) is 130. The van der Waals surface area contributed by atoms with E-state index < -0.39 is 0 Å². The summed E-state index contributed by atoms with van der Waals surface area (Å²) in [5.74, 6) is 3.06. The number of para-hydroxylation sites is 2. The SMILES string of the molecule is CC(=O)CC[C@@H](CC(=O)CC[C@@H](C)CCCN=C(N)N)C(C)C.CC(=O)CC[C@H](Cc1c[nH]c2ccccc12)NC(=O)NC[C@H](CCCN=C(N)N)CC(=O)CC[C@@H](NC(=O)NC(C)C)C(C)C.CC[C@H](CNC(=O)N[C@@H](CCCN=C(N)N)CCC(=O)C[C@H](CNC(=O)NC)Cc1c[nH]c2ccccc12)C(C)C. The van der Waals surface area contributed by atoms with Gasteiger partial charge in [0.1, 0.15) is 28.9 Å². The fourth-order valence-electron chi connectivity index (χ4n) is 13.0. The number of Topliss-reactive ketones (excluding diaryl/α,β-unsaturated/α-hetero) is 5. The van der Waals surface area contributed by atoms with Crippen LogP contribution in [0.25, 0.3) is 21.8 Å². The smallest absolute Gasteiger partial charge is 0.315 e. The zero-order chi connectivity index (χ0) is 81.4. The van der Waals surface area contributed by atoms with Crippen molar-refractivity contribution < 1.29 is 43.2 Å². The largest absolute Gasteiger partial charge is 0.370 e. The fraction of sp³-hybridized carbons (Fsp3) is 0.654. The third-order valence-electron chi connectivity index (χ3n) is 19.7. The van der Waals surface area contributed by atoms with E-state index in [1.54, 1.807) is 20.9 Å². The van der Waals surface area contributed by atoms with Gasteiger partial charge in [0.05, 0.1) is 0 Å². The number of nitrogens with zero attached hydrogens (tertiary/aromatic N) is 3. The molecular weight excluding hydrogens is 1380 g/mol. The summed E-state index contributed by atoms with van der Waals surface area (Å²) >= 11 is 0. The lowest BCUT2D eigenvalue weighted by Gasteiger charge is -2.24. The van der Waals surface area contributed by atoms with Crippen molar-refractivity contribution in [2.45, 2.75) is 249 Å². The molecule has 0 saturated carbocycles. The van der Waals surface area contributed by atoms with Gasteiger partial charge in [0, 0.05) is 156 Å². The van der Waals surface area contributed by atoms with E-state index in [1.165, 1.54) is 0 Å². The number of guanidine groups is 3. The predicted molar refractivity (Wildman–Crippen MR) is 442 cm³/mol. The average molecular weight is 1520 g/mol. The second kappa shape index (κ2) is 54.4. The molecule has 28 heteroatoms. The number of nitrogens with one attached hydrogen (secondary N) is 10. The van der Waals surface area contributed by atoms with E-state index in [-0.39, 0.29) is 113 Å². The van der Waals surface area contributed by atoms with Gasteiger partial charge >= 0.3 is 24.1 Å². The minimum Gasteiger partial charge on any atom is -0.370 e. The molecule has 0 aliphatic heterocycles. The molecule has 28 nitrogen and oxygen atoms in total. The Morgan fingerprint density at radius 3 is 1.39 bits per heavy atom. The van der Waals surface area contributed by atoms with Crippen LogP contribution in [0, 0.1) is 47.3 Å². The number of hydrogen-bond donors (Lipinski definition) is 16. The van der Waals surface area contributed by atoms with E-state index >= 15 is 0 Å². The topological polar surface area (TPSA) is 475 Å². The Morgan fingerprint density at radius 2 is 0.881 bits per heavy atom. The van der Waals surface area contributed by atoms with Crippen LogP contribution in [-0.2, 0) is 36.8 Å². The summed E-state index contributed by atoms with van der Waals surface area (Å²) in [6, 6.07) is 14.4. The molecule has 612 valence electrons. The Hall–Kier alpha value is -9.24. The highest BCUT2D eigenvalue weighted by Gasteiger charge is 2.25. The van der Waals surface area contributed by atoms with Gasteiger partial charge in [-0.25, -0.2) is 19.2 Å². The number of hydrogen-bond acceptors (Lipinski definition) is 12. The molecule has 8 atom stereocenters. The van der Waals surface area contributed by atoms with Gasteiger partial charge in [0.15, 0.2) is 17.9 Å². The van der Waals surface area contributed by atoms with E-state index in [4.69, 9.17) is 34.4 Å². The Bertz CT molecular complexity index is 3440. The number of aromatic nitrogens is 2. The Labute approximate surface area is 649 Å². The fourth-order valence-corrected chi connectivity index (χ4v) is 13.0. The molecular formula is C81H139N19O9. The van der Waals surface area contributed by atoms with Crippen molar-refractivity contribution >= 4 is 92.7 Å². The highest BCUT2D eigenvalue weighted by molar-refractivity contribution is 5.86. The maximum absolute atomic E-state index is 13.2. The third kappa shape index (κ3) is 44.7. The van der Waals surface area contributed by atoms with Gasteiger partial charge in [0.2, 0.25) is 0 Å². The molecule has 0 bridgehead atoms. The minimum atomic E-state index is -0.342. The van der Waals surface area contributed by atoms with Crippen molar-refractivity contribution in [2.24, 2.45) is 96.7 Å². The number of aromatic amines is 2.